The third kappa shape index (κ3) is 1.74. The van der Waals surface area contributed by atoms with E-state index in [0.717, 1.165) is 44.2 Å². The van der Waals surface area contributed by atoms with Gasteiger partial charge >= 0.3 is 0 Å². The van der Waals surface area contributed by atoms with Gasteiger partial charge in [0.25, 0.3) is 0 Å². The Balaban J connectivity index is 1.85. The van der Waals surface area contributed by atoms with E-state index in [1.54, 1.807) is 6.26 Å². The molecular weight excluding hydrogens is 262 g/mol. The first-order chi connectivity index (χ1) is 10.0. The summed E-state index contributed by atoms with van der Waals surface area (Å²) in [6, 6.07) is 6.43. The summed E-state index contributed by atoms with van der Waals surface area (Å²) in [4.78, 5) is 2.21. The fourth-order valence-electron chi connectivity index (χ4n) is 4.64. The Morgan fingerprint density at radius 2 is 2.00 bits per heavy atom. The minimum absolute atomic E-state index is 0.122. The van der Waals surface area contributed by atoms with Crippen LogP contribution in [0.2, 0.25) is 0 Å². The van der Waals surface area contributed by atoms with Gasteiger partial charge in [0.05, 0.1) is 11.9 Å². The molecule has 1 aromatic carbocycles. The maximum atomic E-state index is 11.3. The van der Waals surface area contributed by atoms with Crippen molar-refractivity contribution in [2.45, 2.75) is 43.1 Å². The minimum atomic E-state index is -0.551. The molecule has 0 aliphatic heterocycles. The molecule has 0 spiro atoms. The Morgan fingerprint density at radius 1 is 1.24 bits per heavy atom. The number of fused-ring (bicyclic) bond motifs is 2. The van der Waals surface area contributed by atoms with Crippen LogP contribution in [0.4, 0.5) is 0 Å². The second-order valence-electron chi connectivity index (χ2n) is 7.20. The van der Waals surface area contributed by atoms with Crippen molar-refractivity contribution in [3.8, 4) is 0 Å². The molecule has 4 rings (SSSR count). The molecule has 2 aliphatic carbocycles. The van der Waals surface area contributed by atoms with E-state index < -0.39 is 5.60 Å². The van der Waals surface area contributed by atoms with Crippen molar-refractivity contribution in [2.24, 2.45) is 0 Å². The van der Waals surface area contributed by atoms with E-state index in [9.17, 15) is 5.11 Å². The summed E-state index contributed by atoms with van der Waals surface area (Å²) in [5, 5.41) is 12.5. The van der Waals surface area contributed by atoms with Gasteiger partial charge in [0, 0.05) is 17.3 Å². The number of likely N-dealkylation sites (N-methyl/N-ethyl adjacent to an activating group) is 1. The first kappa shape index (κ1) is 13.4. The number of rotatable bonds is 3. The lowest BCUT2D eigenvalue weighted by molar-refractivity contribution is -0.0562. The average Bonchev–Trinajstić information content (AvgIpc) is 3.04. The summed E-state index contributed by atoms with van der Waals surface area (Å²) in [5.41, 5.74) is 2.96. The van der Waals surface area contributed by atoms with Crippen molar-refractivity contribution in [2.75, 3.05) is 20.6 Å². The van der Waals surface area contributed by atoms with Crippen LogP contribution in [0.25, 0.3) is 11.0 Å². The van der Waals surface area contributed by atoms with Gasteiger partial charge in [-0.2, -0.15) is 0 Å². The summed E-state index contributed by atoms with van der Waals surface area (Å²) in [6.07, 6.45) is 6.88. The van der Waals surface area contributed by atoms with E-state index in [1.807, 2.05) is 6.07 Å². The molecule has 0 bridgehead atoms. The summed E-state index contributed by atoms with van der Waals surface area (Å²) < 4.78 is 5.59. The lowest BCUT2D eigenvalue weighted by Gasteiger charge is -2.54. The van der Waals surface area contributed by atoms with Crippen LogP contribution in [0, 0.1) is 0 Å². The molecule has 1 aromatic heterocycles. The highest BCUT2D eigenvalue weighted by atomic mass is 16.3. The molecule has 1 saturated carbocycles. The maximum absolute atomic E-state index is 11.3. The number of aliphatic hydroxyl groups is 1. The van der Waals surface area contributed by atoms with Gasteiger partial charge in [0.2, 0.25) is 0 Å². The van der Waals surface area contributed by atoms with E-state index in [0.29, 0.717) is 0 Å². The van der Waals surface area contributed by atoms with Crippen LogP contribution in [0.15, 0.2) is 28.9 Å². The molecule has 3 heteroatoms. The summed E-state index contributed by atoms with van der Waals surface area (Å²) in [5.74, 6) is 0. The number of nitrogens with zero attached hydrogens (tertiary/aromatic N) is 1. The van der Waals surface area contributed by atoms with Crippen LogP contribution in [-0.2, 0) is 11.8 Å². The third-order valence-corrected chi connectivity index (χ3v) is 5.59. The Morgan fingerprint density at radius 3 is 2.71 bits per heavy atom. The Hall–Kier alpha value is -1.32. The molecule has 1 N–H and O–H groups in total. The lowest BCUT2D eigenvalue weighted by atomic mass is 9.54. The number of benzene rings is 1. The summed E-state index contributed by atoms with van der Waals surface area (Å²) >= 11 is 0. The molecular formula is C18H23NO2. The van der Waals surface area contributed by atoms with Crippen molar-refractivity contribution in [1.82, 2.24) is 4.90 Å². The van der Waals surface area contributed by atoms with Crippen LogP contribution in [0.5, 0.6) is 0 Å². The van der Waals surface area contributed by atoms with Crippen molar-refractivity contribution >= 4 is 11.0 Å². The second-order valence-corrected chi connectivity index (χ2v) is 7.20. The van der Waals surface area contributed by atoms with Crippen molar-refractivity contribution in [3.05, 3.63) is 35.6 Å². The molecule has 1 unspecified atom stereocenters. The first-order valence-electron chi connectivity index (χ1n) is 7.92. The topological polar surface area (TPSA) is 36.6 Å². The van der Waals surface area contributed by atoms with Crippen LogP contribution < -0.4 is 0 Å². The monoisotopic (exact) mass is 285 g/mol. The molecule has 0 radical (unpaired) electrons. The van der Waals surface area contributed by atoms with Gasteiger partial charge < -0.3 is 14.4 Å². The largest absolute Gasteiger partial charge is 0.464 e. The van der Waals surface area contributed by atoms with Gasteiger partial charge in [-0.05, 0) is 62.7 Å². The predicted octanol–water partition coefficient (Wildman–Crippen LogP) is 3.09. The van der Waals surface area contributed by atoms with Crippen molar-refractivity contribution in [1.29, 1.82) is 0 Å². The summed E-state index contributed by atoms with van der Waals surface area (Å²) in [7, 11) is 4.20. The number of furan rings is 1. The van der Waals surface area contributed by atoms with Gasteiger partial charge in [-0.1, -0.05) is 12.8 Å². The zero-order valence-corrected chi connectivity index (χ0v) is 12.9. The Bertz CT molecular complexity index is 682. The average molecular weight is 285 g/mol. The van der Waals surface area contributed by atoms with E-state index in [4.69, 9.17) is 4.42 Å². The van der Waals surface area contributed by atoms with Gasteiger partial charge in [-0.15, -0.1) is 0 Å². The number of hydrogen-bond donors (Lipinski definition) is 1. The number of hydrogen-bond acceptors (Lipinski definition) is 3. The molecule has 3 nitrogen and oxygen atoms in total. The fraction of sp³-hybridized carbons (Fsp3) is 0.556. The van der Waals surface area contributed by atoms with Crippen molar-refractivity contribution in [3.63, 3.8) is 0 Å². The highest BCUT2D eigenvalue weighted by molar-refractivity contribution is 5.81. The lowest BCUT2D eigenvalue weighted by Crippen LogP contribution is -2.61. The first-order valence-corrected chi connectivity index (χ1v) is 7.92. The predicted molar refractivity (Wildman–Crippen MR) is 83.6 cm³/mol. The zero-order valence-electron chi connectivity index (χ0n) is 12.9. The van der Waals surface area contributed by atoms with Crippen LogP contribution >= 0.6 is 0 Å². The maximum Gasteiger partial charge on any atom is 0.134 e. The Labute approximate surface area is 125 Å². The molecule has 21 heavy (non-hydrogen) atoms. The minimum Gasteiger partial charge on any atom is -0.464 e. The quantitative estimate of drug-likeness (QED) is 0.941. The molecule has 0 amide bonds. The highest BCUT2D eigenvalue weighted by Crippen LogP contribution is 2.55. The van der Waals surface area contributed by atoms with Crippen molar-refractivity contribution < 1.29 is 9.52 Å². The second kappa shape index (κ2) is 4.34. The molecule has 112 valence electrons. The zero-order chi connectivity index (χ0) is 14.7. The van der Waals surface area contributed by atoms with Gasteiger partial charge in [0.15, 0.2) is 0 Å². The summed E-state index contributed by atoms with van der Waals surface area (Å²) in [6.45, 7) is 0.905. The highest BCUT2D eigenvalue weighted by Gasteiger charge is 2.58. The Kier molecular flexibility index (Phi) is 2.76. The van der Waals surface area contributed by atoms with E-state index in [2.05, 4.69) is 31.1 Å². The van der Waals surface area contributed by atoms with E-state index in [-0.39, 0.29) is 5.41 Å². The standard InChI is InChI=1S/C18H23NO2/c1-19(2)12-17(18(20)6-3-4-7-18)11-14-9-13-5-8-21-16(13)10-15(14)17/h5,8-10,20H,3-4,6-7,11-12H2,1-2H3. The normalized spacial score (nSPS) is 27.0. The van der Waals surface area contributed by atoms with E-state index in [1.165, 1.54) is 16.5 Å². The SMILES string of the molecule is CN(C)CC1(C2(O)CCCC2)Cc2cc3ccoc3cc21. The molecule has 1 atom stereocenters. The van der Waals surface area contributed by atoms with Crippen LogP contribution in [0.3, 0.4) is 0 Å². The van der Waals surface area contributed by atoms with Gasteiger partial charge in [-0.25, -0.2) is 0 Å². The van der Waals surface area contributed by atoms with Crippen LogP contribution in [0.1, 0.15) is 36.8 Å². The van der Waals surface area contributed by atoms with Crippen LogP contribution in [-0.4, -0.2) is 36.2 Å². The van der Waals surface area contributed by atoms with Gasteiger partial charge in [-0.3, -0.25) is 0 Å². The molecule has 1 fully saturated rings. The molecule has 1 heterocycles. The fourth-order valence-corrected chi connectivity index (χ4v) is 4.64. The van der Waals surface area contributed by atoms with E-state index >= 15 is 0 Å². The van der Waals surface area contributed by atoms with Gasteiger partial charge in [0.1, 0.15) is 5.58 Å². The molecule has 2 aliphatic rings. The smallest absolute Gasteiger partial charge is 0.134 e. The molecule has 2 aromatic rings. The molecule has 0 saturated heterocycles. The third-order valence-electron chi connectivity index (χ3n) is 5.59.